The van der Waals surface area contributed by atoms with Gasteiger partial charge in [0.15, 0.2) is 0 Å². The fourth-order valence-corrected chi connectivity index (χ4v) is 6.32. The first-order chi connectivity index (χ1) is 14.4. The Bertz CT molecular complexity index is 753. The number of rotatable bonds is 5. The van der Waals surface area contributed by atoms with Gasteiger partial charge in [0.2, 0.25) is 0 Å². The number of fused-ring (bicyclic) bond motifs is 1. The summed E-state index contributed by atoms with van der Waals surface area (Å²) in [6.07, 6.45) is 15.0. The Balaban J connectivity index is 1.76. The normalized spacial score (nSPS) is 39.3. The topological polar surface area (TPSA) is 60.7 Å². The Morgan fingerprint density at radius 1 is 1.13 bits per heavy atom. The van der Waals surface area contributed by atoms with E-state index in [0.717, 1.165) is 17.6 Å². The highest BCUT2D eigenvalue weighted by molar-refractivity contribution is 5.38. The summed E-state index contributed by atoms with van der Waals surface area (Å²) in [7, 11) is 0. The highest BCUT2D eigenvalue weighted by Gasteiger charge is 2.50. The van der Waals surface area contributed by atoms with Gasteiger partial charge in [0.05, 0.1) is 17.8 Å². The van der Waals surface area contributed by atoms with Crippen LogP contribution in [-0.4, -0.2) is 33.1 Å². The third kappa shape index (κ3) is 5.26. The minimum absolute atomic E-state index is 0.141. The first-order valence-corrected chi connectivity index (χ1v) is 12.3. The maximum Gasteiger partial charge on any atom is 0.0811 e. The van der Waals surface area contributed by atoms with Crippen LogP contribution in [0, 0.1) is 29.1 Å². The van der Waals surface area contributed by atoms with E-state index in [2.05, 4.69) is 51.7 Å². The van der Waals surface area contributed by atoms with Gasteiger partial charge >= 0.3 is 0 Å². The Morgan fingerprint density at radius 3 is 2.52 bits per heavy atom. The molecule has 174 valence electrons. The Labute approximate surface area is 189 Å². The van der Waals surface area contributed by atoms with Gasteiger partial charge in [-0.2, -0.15) is 0 Å². The molecular formula is C28H44O3. The summed E-state index contributed by atoms with van der Waals surface area (Å²) in [6, 6.07) is 0. The van der Waals surface area contributed by atoms with E-state index < -0.39 is 17.8 Å². The molecule has 0 heterocycles. The molecule has 0 unspecified atom stereocenters. The molecule has 3 saturated carbocycles. The van der Waals surface area contributed by atoms with Crippen molar-refractivity contribution in [2.24, 2.45) is 29.1 Å². The molecular weight excluding hydrogens is 384 g/mol. The van der Waals surface area contributed by atoms with Crippen molar-refractivity contribution in [2.45, 2.75) is 97.4 Å². The second kappa shape index (κ2) is 9.37. The molecule has 0 aromatic carbocycles. The zero-order valence-electron chi connectivity index (χ0n) is 20.3. The zero-order chi connectivity index (χ0) is 23.0. The molecule has 3 nitrogen and oxygen atoms in total. The molecule has 3 aliphatic rings. The summed E-state index contributed by atoms with van der Waals surface area (Å²) in [5.74, 6) is 1.91. The van der Waals surface area contributed by atoms with Crippen LogP contribution >= 0.6 is 0 Å². The van der Waals surface area contributed by atoms with Crippen LogP contribution in [0.5, 0.6) is 0 Å². The first kappa shape index (κ1) is 24.5. The van der Waals surface area contributed by atoms with Gasteiger partial charge in [-0.05, 0) is 86.7 Å². The van der Waals surface area contributed by atoms with Crippen LogP contribution in [0.1, 0.15) is 79.6 Å². The molecule has 0 aliphatic heterocycles. The molecule has 0 radical (unpaired) electrons. The van der Waals surface area contributed by atoms with Crippen LogP contribution in [0.15, 0.2) is 47.6 Å². The molecule has 3 heteroatoms. The zero-order valence-corrected chi connectivity index (χ0v) is 20.3. The van der Waals surface area contributed by atoms with E-state index in [1.807, 2.05) is 13.8 Å². The Kier molecular flexibility index (Phi) is 7.40. The lowest BCUT2D eigenvalue weighted by molar-refractivity contribution is 0.0436. The summed E-state index contributed by atoms with van der Waals surface area (Å²) in [5, 5.41) is 30.4. The second-order valence-electron chi connectivity index (χ2n) is 11.4. The molecule has 0 aromatic rings. The van der Waals surface area contributed by atoms with Crippen LogP contribution in [0.25, 0.3) is 0 Å². The van der Waals surface area contributed by atoms with Crippen LogP contribution < -0.4 is 0 Å². The quantitative estimate of drug-likeness (QED) is 0.490. The highest BCUT2D eigenvalue weighted by Crippen LogP contribution is 2.59. The van der Waals surface area contributed by atoms with Crippen LogP contribution in [0.4, 0.5) is 0 Å². The predicted molar refractivity (Wildman–Crippen MR) is 128 cm³/mol. The van der Waals surface area contributed by atoms with Gasteiger partial charge in [-0.15, -0.1) is 0 Å². The molecule has 0 saturated heterocycles. The van der Waals surface area contributed by atoms with Crippen molar-refractivity contribution < 1.29 is 15.3 Å². The third-order valence-corrected chi connectivity index (χ3v) is 8.75. The van der Waals surface area contributed by atoms with Crippen molar-refractivity contribution in [2.75, 3.05) is 0 Å². The summed E-state index contributed by atoms with van der Waals surface area (Å²) >= 11 is 0. The molecule has 0 aromatic heterocycles. The maximum absolute atomic E-state index is 10.3. The van der Waals surface area contributed by atoms with Crippen molar-refractivity contribution in [3.63, 3.8) is 0 Å². The van der Waals surface area contributed by atoms with Crippen molar-refractivity contribution >= 4 is 0 Å². The van der Waals surface area contributed by atoms with E-state index >= 15 is 0 Å². The molecule has 31 heavy (non-hydrogen) atoms. The van der Waals surface area contributed by atoms with Gasteiger partial charge in [0.1, 0.15) is 0 Å². The first-order valence-electron chi connectivity index (χ1n) is 12.3. The van der Waals surface area contributed by atoms with Crippen molar-refractivity contribution in [1.82, 2.24) is 0 Å². The molecule has 7 atom stereocenters. The van der Waals surface area contributed by atoms with Gasteiger partial charge in [-0.25, -0.2) is 0 Å². The van der Waals surface area contributed by atoms with E-state index in [-0.39, 0.29) is 5.92 Å². The van der Waals surface area contributed by atoms with E-state index in [4.69, 9.17) is 0 Å². The highest BCUT2D eigenvalue weighted by atomic mass is 16.3. The predicted octanol–water partition coefficient (Wildman–Crippen LogP) is 5.73. The molecule has 0 amide bonds. The van der Waals surface area contributed by atoms with Gasteiger partial charge in [0, 0.05) is 12.3 Å². The lowest BCUT2D eigenvalue weighted by atomic mass is 9.61. The minimum atomic E-state index is -0.684. The van der Waals surface area contributed by atoms with Gasteiger partial charge in [-0.1, -0.05) is 57.2 Å². The van der Waals surface area contributed by atoms with Crippen LogP contribution in [0.3, 0.4) is 0 Å². The molecule has 3 fully saturated rings. The smallest absolute Gasteiger partial charge is 0.0811 e. The monoisotopic (exact) mass is 428 g/mol. The molecule has 3 N–H and O–H groups in total. The minimum Gasteiger partial charge on any atom is -0.393 e. The summed E-state index contributed by atoms with van der Waals surface area (Å²) in [5.41, 5.74) is 2.93. The fraction of sp³-hybridized carbons (Fsp3) is 0.714. The van der Waals surface area contributed by atoms with E-state index in [1.165, 1.54) is 31.3 Å². The van der Waals surface area contributed by atoms with Crippen LogP contribution in [0.2, 0.25) is 0 Å². The van der Waals surface area contributed by atoms with Crippen LogP contribution in [-0.2, 0) is 0 Å². The summed E-state index contributed by atoms with van der Waals surface area (Å²) in [6.45, 7) is 14.7. The molecule has 3 rings (SSSR count). The van der Waals surface area contributed by atoms with Gasteiger partial charge < -0.3 is 15.3 Å². The number of allylic oxidation sites excluding steroid dienone is 4. The second-order valence-corrected chi connectivity index (χ2v) is 11.4. The SMILES string of the molecule is C=C1/C(=C/C=C2\CCC[C@]3(C)[C@@H]([C@@H](C)/C=C\[C@@H](C)C(C)(C)O)CC[C@@H]23)C[C@@H](O)C[C@@H]1O. The van der Waals surface area contributed by atoms with Crippen molar-refractivity contribution in [3.8, 4) is 0 Å². The van der Waals surface area contributed by atoms with Gasteiger partial charge in [-0.3, -0.25) is 0 Å². The number of aliphatic hydroxyl groups excluding tert-OH is 2. The van der Waals surface area contributed by atoms with Crippen molar-refractivity contribution in [1.29, 1.82) is 0 Å². The lowest BCUT2D eigenvalue weighted by Gasteiger charge is -2.44. The van der Waals surface area contributed by atoms with Gasteiger partial charge in [0.25, 0.3) is 0 Å². The average molecular weight is 429 g/mol. The third-order valence-electron chi connectivity index (χ3n) is 8.75. The summed E-state index contributed by atoms with van der Waals surface area (Å²) < 4.78 is 0. The largest absolute Gasteiger partial charge is 0.393 e. The molecule has 0 spiro atoms. The summed E-state index contributed by atoms with van der Waals surface area (Å²) in [4.78, 5) is 0. The van der Waals surface area contributed by atoms with E-state index in [0.29, 0.717) is 36.0 Å². The molecule has 3 aliphatic carbocycles. The maximum atomic E-state index is 10.3. The van der Waals surface area contributed by atoms with E-state index in [9.17, 15) is 15.3 Å². The average Bonchev–Trinajstić information content (AvgIpc) is 3.04. The standard InChI is InChI=1S/C28H44O3/c1-18(9-10-19(2)27(4,5)31)24-13-14-25-21(8-7-15-28(24,25)6)11-12-22-16-23(29)17-26(30)20(22)3/h9-12,18-19,23-26,29-31H,3,7-8,13-17H2,1-2,4-6H3/b10-9-,21-11+,22-12+/t18-,19+,23+,24+,25-,26-,28+/m0/s1. The van der Waals surface area contributed by atoms with E-state index in [1.54, 1.807) is 0 Å². The Morgan fingerprint density at radius 2 is 1.84 bits per heavy atom. The number of hydrogen-bond acceptors (Lipinski definition) is 3. The fourth-order valence-electron chi connectivity index (χ4n) is 6.32. The lowest BCUT2D eigenvalue weighted by Crippen LogP contribution is -2.35. The molecule has 0 bridgehead atoms. The number of aliphatic hydroxyl groups is 3. The number of hydrogen-bond donors (Lipinski definition) is 3. The van der Waals surface area contributed by atoms with Crippen molar-refractivity contribution in [3.05, 3.63) is 47.6 Å². The Hall–Kier alpha value is -1.16.